The Hall–Kier alpha value is -1.06. The van der Waals surface area contributed by atoms with E-state index in [0.717, 1.165) is 11.3 Å². The molecule has 78 valence electrons. The molecular formula is C11H16O3. The maximum Gasteiger partial charge on any atom is 0.122 e. The van der Waals surface area contributed by atoms with Crippen LogP contribution >= 0.6 is 0 Å². The Balaban J connectivity index is 2.90. The Morgan fingerprint density at radius 3 is 2.57 bits per heavy atom. The molecule has 1 unspecified atom stereocenters. The van der Waals surface area contributed by atoms with E-state index in [-0.39, 0.29) is 12.5 Å². The molecule has 3 heteroatoms. The van der Waals surface area contributed by atoms with Gasteiger partial charge >= 0.3 is 0 Å². The molecule has 0 aliphatic heterocycles. The van der Waals surface area contributed by atoms with Crippen molar-refractivity contribution in [1.29, 1.82) is 0 Å². The molecule has 0 aromatic heterocycles. The predicted octanol–water partition coefficient (Wildman–Crippen LogP) is 1.42. The van der Waals surface area contributed by atoms with Gasteiger partial charge in [-0.3, -0.25) is 0 Å². The molecule has 0 amide bonds. The first-order chi connectivity index (χ1) is 6.83. The van der Waals surface area contributed by atoms with E-state index in [0.29, 0.717) is 6.61 Å². The number of hydrogen-bond acceptors (Lipinski definition) is 3. The highest BCUT2D eigenvalue weighted by atomic mass is 16.5. The van der Waals surface area contributed by atoms with Gasteiger partial charge < -0.3 is 14.6 Å². The zero-order valence-corrected chi connectivity index (χ0v) is 8.56. The van der Waals surface area contributed by atoms with Crippen molar-refractivity contribution in [3.63, 3.8) is 0 Å². The highest BCUT2D eigenvalue weighted by Crippen LogP contribution is 2.26. The van der Waals surface area contributed by atoms with Crippen LogP contribution in [-0.2, 0) is 4.74 Å². The van der Waals surface area contributed by atoms with Crippen molar-refractivity contribution in [2.24, 2.45) is 0 Å². The zero-order valence-electron chi connectivity index (χ0n) is 8.56. The van der Waals surface area contributed by atoms with Crippen LogP contribution in [0.2, 0.25) is 0 Å². The molecule has 0 aliphatic carbocycles. The van der Waals surface area contributed by atoms with E-state index in [1.807, 2.05) is 24.3 Å². The molecule has 1 rings (SSSR count). The summed E-state index contributed by atoms with van der Waals surface area (Å²) in [6.45, 7) is 0.561. The van der Waals surface area contributed by atoms with Crippen LogP contribution in [0.25, 0.3) is 0 Å². The fraction of sp³-hybridized carbons (Fsp3) is 0.455. The third kappa shape index (κ3) is 2.47. The molecule has 0 radical (unpaired) electrons. The standard InChI is InChI=1S/C11H16O3/c1-13-8-9(7-12)10-5-3-4-6-11(10)14-2/h3-6,9,12H,7-8H2,1-2H3. The van der Waals surface area contributed by atoms with Crippen LogP contribution in [0.15, 0.2) is 24.3 Å². The van der Waals surface area contributed by atoms with Gasteiger partial charge in [-0.2, -0.15) is 0 Å². The summed E-state index contributed by atoms with van der Waals surface area (Å²) in [6.07, 6.45) is 0. The summed E-state index contributed by atoms with van der Waals surface area (Å²) in [5, 5.41) is 9.19. The van der Waals surface area contributed by atoms with Crippen LogP contribution in [0.5, 0.6) is 5.75 Å². The second-order valence-electron chi connectivity index (χ2n) is 3.08. The molecule has 0 bridgehead atoms. The molecule has 3 nitrogen and oxygen atoms in total. The minimum atomic E-state index is -0.0175. The first-order valence-electron chi connectivity index (χ1n) is 4.56. The molecule has 0 saturated carbocycles. The normalized spacial score (nSPS) is 12.5. The van der Waals surface area contributed by atoms with Crippen LogP contribution in [0.1, 0.15) is 11.5 Å². The summed E-state index contributed by atoms with van der Waals surface area (Å²) in [6, 6.07) is 7.66. The van der Waals surface area contributed by atoms with E-state index in [9.17, 15) is 5.11 Å². The molecule has 14 heavy (non-hydrogen) atoms. The lowest BCUT2D eigenvalue weighted by molar-refractivity contribution is 0.142. The number of rotatable bonds is 5. The van der Waals surface area contributed by atoms with Crippen molar-refractivity contribution in [3.05, 3.63) is 29.8 Å². The lowest BCUT2D eigenvalue weighted by atomic mass is 10.00. The van der Waals surface area contributed by atoms with Gasteiger partial charge in [-0.25, -0.2) is 0 Å². The molecule has 1 aromatic carbocycles. The predicted molar refractivity (Wildman–Crippen MR) is 54.7 cm³/mol. The molecule has 0 heterocycles. The van der Waals surface area contributed by atoms with Gasteiger partial charge in [0.1, 0.15) is 5.75 Å². The summed E-state index contributed by atoms with van der Waals surface area (Å²) in [5.74, 6) is 0.778. The van der Waals surface area contributed by atoms with Crippen LogP contribution in [-0.4, -0.2) is 32.5 Å². The maximum atomic E-state index is 9.19. The van der Waals surface area contributed by atoms with Gasteiger partial charge in [-0.05, 0) is 6.07 Å². The van der Waals surface area contributed by atoms with Crippen LogP contribution in [0.3, 0.4) is 0 Å². The van der Waals surface area contributed by atoms with E-state index < -0.39 is 0 Å². The SMILES string of the molecule is COCC(CO)c1ccccc1OC. The Kier molecular flexibility index (Phi) is 4.43. The van der Waals surface area contributed by atoms with Crippen molar-refractivity contribution in [3.8, 4) is 5.75 Å². The summed E-state index contributed by atoms with van der Waals surface area (Å²) in [4.78, 5) is 0. The summed E-state index contributed by atoms with van der Waals surface area (Å²) in [5.41, 5.74) is 0.986. The number of aliphatic hydroxyl groups excluding tert-OH is 1. The third-order valence-corrected chi connectivity index (χ3v) is 2.17. The fourth-order valence-corrected chi connectivity index (χ4v) is 1.45. The van der Waals surface area contributed by atoms with E-state index >= 15 is 0 Å². The van der Waals surface area contributed by atoms with Gasteiger partial charge in [0.2, 0.25) is 0 Å². The average Bonchev–Trinajstić information content (AvgIpc) is 2.26. The molecule has 0 spiro atoms. The van der Waals surface area contributed by atoms with Crippen LogP contribution in [0.4, 0.5) is 0 Å². The smallest absolute Gasteiger partial charge is 0.122 e. The van der Waals surface area contributed by atoms with Gasteiger partial charge in [0.15, 0.2) is 0 Å². The Morgan fingerprint density at radius 2 is 2.00 bits per heavy atom. The number of hydrogen-bond donors (Lipinski definition) is 1. The largest absolute Gasteiger partial charge is 0.496 e. The number of ether oxygens (including phenoxy) is 2. The highest BCUT2D eigenvalue weighted by Gasteiger charge is 2.14. The van der Waals surface area contributed by atoms with Crippen molar-refractivity contribution in [1.82, 2.24) is 0 Å². The van der Waals surface area contributed by atoms with E-state index in [1.54, 1.807) is 14.2 Å². The second kappa shape index (κ2) is 5.62. The number of para-hydroxylation sites is 1. The molecule has 1 aromatic rings. The van der Waals surface area contributed by atoms with E-state index in [4.69, 9.17) is 9.47 Å². The topological polar surface area (TPSA) is 38.7 Å². The van der Waals surface area contributed by atoms with Crippen molar-refractivity contribution >= 4 is 0 Å². The summed E-state index contributed by atoms with van der Waals surface area (Å²) in [7, 11) is 3.25. The van der Waals surface area contributed by atoms with Gasteiger partial charge in [-0.1, -0.05) is 18.2 Å². The Bertz CT molecular complexity index is 273. The first kappa shape index (κ1) is 11.0. The monoisotopic (exact) mass is 196 g/mol. The van der Waals surface area contributed by atoms with Gasteiger partial charge in [0.05, 0.1) is 20.3 Å². The van der Waals surface area contributed by atoms with Crippen molar-refractivity contribution in [2.75, 3.05) is 27.4 Å². The number of benzene rings is 1. The minimum absolute atomic E-state index is 0.0175. The summed E-state index contributed by atoms with van der Waals surface area (Å²) >= 11 is 0. The highest BCUT2D eigenvalue weighted by molar-refractivity contribution is 5.36. The second-order valence-corrected chi connectivity index (χ2v) is 3.08. The summed E-state index contributed by atoms with van der Waals surface area (Å²) < 4.78 is 10.2. The lowest BCUT2D eigenvalue weighted by Gasteiger charge is -2.16. The lowest BCUT2D eigenvalue weighted by Crippen LogP contribution is -2.11. The number of aliphatic hydroxyl groups is 1. The van der Waals surface area contributed by atoms with Gasteiger partial charge in [-0.15, -0.1) is 0 Å². The molecule has 1 atom stereocenters. The van der Waals surface area contributed by atoms with Crippen molar-refractivity contribution < 1.29 is 14.6 Å². The Morgan fingerprint density at radius 1 is 1.29 bits per heavy atom. The van der Waals surface area contributed by atoms with Gasteiger partial charge in [0.25, 0.3) is 0 Å². The molecular weight excluding hydrogens is 180 g/mol. The molecule has 0 saturated heterocycles. The van der Waals surface area contributed by atoms with Crippen molar-refractivity contribution in [2.45, 2.75) is 5.92 Å². The molecule has 0 fully saturated rings. The van der Waals surface area contributed by atoms with Gasteiger partial charge in [0, 0.05) is 18.6 Å². The van der Waals surface area contributed by atoms with E-state index in [1.165, 1.54) is 0 Å². The van der Waals surface area contributed by atoms with Crippen LogP contribution in [0, 0.1) is 0 Å². The zero-order chi connectivity index (χ0) is 10.4. The molecule has 0 aliphatic rings. The fourth-order valence-electron chi connectivity index (χ4n) is 1.45. The minimum Gasteiger partial charge on any atom is -0.496 e. The average molecular weight is 196 g/mol. The maximum absolute atomic E-state index is 9.19. The number of methoxy groups -OCH3 is 2. The molecule has 1 N–H and O–H groups in total. The third-order valence-electron chi connectivity index (χ3n) is 2.17. The Labute approximate surface area is 84.3 Å². The quantitative estimate of drug-likeness (QED) is 0.774. The van der Waals surface area contributed by atoms with E-state index in [2.05, 4.69) is 0 Å². The van der Waals surface area contributed by atoms with Crippen LogP contribution < -0.4 is 4.74 Å². The first-order valence-corrected chi connectivity index (χ1v) is 4.56.